The summed E-state index contributed by atoms with van der Waals surface area (Å²) in [5.41, 5.74) is 5.72. The lowest BCUT2D eigenvalue weighted by molar-refractivity contribution is -0.384. The van der Waals surface area contributed by atoms with E-state index in [0.29, 0.717) is 5.41 Å². The summed E-state index contributed by atoms with van der Waals surface area (Å²) in [4.78, 5) is 18.0. The summed E-state index contributed by atoms with van der Waals surface area (Å²) in [5.74, 6) is 0.270. The third kappa shape index (κ3) is 3.30. The summed E-state index contributed by atoms with van der Waals surface area (Å²) >= 11 is 0. The van der Waals surface area contributed by atoms with Crippen LogP contribution in [-0.2, 0) is 0 Å². The summed E-state index contributed by atoms with van der Waals surface area (Å²) in [7, 11) is 0. The Hall–Kier alpha value is -1.92. The van der Waals surface area contributed by atoms with Gasteiger partial charge in [-0.15, -0.1) is 0 Å². The second-order valence-electron chi connectivity index (χ2n) is 5.80. The van der Waals surface area contributed by atoms with Crippen LogP contribution in [0.1, 0.15) is 39.5 Å². The van der Waals surface area contributed by atoms with E-state index in [2.05, 4.69) is 29.1 Å². The van der Waals surface area contributed by atoms with Crippen LogP contribution in [0, 0.1) is 15.5 Å². The van der Waals surface area contributed by atoms with Crippen LogP contribution in [0.15, 0.2) is 6.20 Å². The summed E-state index contributed by atoms with van der Waals surface area (Å²) in [5, 5.41) is 14.1. The molecule has 0 aromatic carbocycles. The molecular formula is C12H19N5O2. The van der Waals surface area contributed by atoms with Crippen LogP contribution in [0.2, 0.25) is 0 Å². The number of aromatic nitrogens is 2. The highest BCUT2D eigenvalue weighted by Gasteiger charge is 2.28. The Kier molecular flexibility index (Phi) is 3.55. The maximum atomic E-state index is 10.9. The molecular weight excluding hydrogens is 246 g/mol. The summed E-state index contributed by atoms with van der Waals surface area (Å²) in [6.07, 6.45) is 5.30. The minimum Gasteiger partial charge on any atom is -0.368 e. The first-order valence-electron chi connectivity index (χ1n) is 6.41. The first-order chi connectivity index (χ1) is 8.87. The molecule has 2 rings (SSSR count). The molecule has 0 saturated heterocycles. The average Bonchev–Trinajstić information content (AvgIpc) is 2.31. The second kappa shape index (κ2) is 4.99. The normalized spacial score (nSPS) is 19.1. The highest BCUT2D eigenvalue weighted by atomic mass is 16.6. The zero-order valence-electron chi connectivity index (χ0n) is 11.2. The van der Waals surface area contributed by atoms with Crippen molar-refractivity contribution in [1.29, 1.82) is 0 Å². The maximum absolute atomic E-state index is 10.9. The van der Waals surface area contributed by atoms with Crippen LogP contribution < -0.4 is 11.1 Å². The Bertz CT molecular complexity index is 479. The van der Waals surface area contributed by atoms with Gasteiger partial charge in [-0.3, -0.25) is 10.1 Å². The van der Waals surface area contributed by atoms with Gasteiger partial charge in [-0.05, 0) is 31.1 Å². The van der Waals surface area contributed by atoms with Crippen LogP contribution in [-0.4, -0.2) is 20.9 Å². The van der Waals surface area contributed by atoms with Gasteiger partial charge in [0.15, 0.2) is 0 Å². The molecule has 1 aromatic rings. The van der Waals surface area contributed by atoms with Crippen LogP contribution in [0.5, 0.6) is 0 Å². The lowest BCUT2D eigenvalue weighted by Crippen LogP contribution is -2.30. The standard InChI is InChI=1S/C12H19N5O2/c1-12(2)5-3-8(4-6-12)15-10-9(17(18)19)7-14-11(13)16-10/h7-8H,3-6H2,1-2H3,(H3,13,14,15,16). The number of nitrogens with one attached hydrogen (secondary N) is 1. The monoisotopic (exact) mass is 265 g/mol. The highest BCUT2D eigenvalue weighted by molar-refractivity contribution is 5.56. The molecule has 3 N–H and O–H groups in total. The van der Waals surface area contributed by atoms with Crippen LogP contribution >= 0.6 is 0 Å². The molecule has 1 fully saturated rings. The van der Waals surface area contributed by atoms with Gasteiger partial charge in [-0.2, -0.15) is 4.98 Å². The molecule has 0 atom stereocenters. The molecule has 0 radical (unpaired) electrons. The zero-order valence-corrected chi connectivity index (χ0v) is 11.2. The van der Waals surface area contributed by atoms with Crippen LogP contribution in [0.3, 0.4) is 0 Å². The quantitative estimate of drug-likeness (QED) is 0.641. The van der Waals surface area contributed by atoms with E-state index in [-0.39, 0.29) is 23.5 Å². The molecule has 1 aliphatic rings. The van der Waals surface area contributed by atoms with Crippen molar-refractivity contribution in [3.8, 4) is 0 Å². The Balaban J connectivity index is 2.11. The van der Waals surface area contributed by atoms with Gasteiger partial charge in [-0.25, -0.2) is 4.98 Å². The van der Waals surface area contributed by atoms with E-state index in [0.717, 1.165) is 31.9 Å². The number of hydrogen-bond donors (Lipinski definition) is 2. The summed E-state index contributed by atoms with van der Waals surface area (Å²) < 4.78 is 0. The van der Waals surface area contributed by atoms with E-state index in [4.69, 9.17) is 5.73 Å². The molecule has 1 heterocycles. The van der Waals surface area contributed by atoms with Gasteiger partial charge in [0.1, 0.15) is 6.20 Å². The second-order valence-corrected chi connectivity index (χ2v) is 5.80. The van der Waals surface area contributed by atoms with Crippen LogP contribution in [0.25, 0.3) is 0 Å². The Morgan fingerprint density at radius 1 is 1.47 bits per heavy atom. The SMILES string of the molecule is CC1(C)CCC(Nc2nc(N)ncc2[N+](=O)[O-])CC1. The number of rotatable bonds is 3. The van der Waals surface area contributed by atoms with Crippen molar-refractivity contribution in [2.45, 2.75) is 45.6 Å². The molecule has 7 heteroatoms. The van der Waals surface area contributed by atoms with E-state index in [1.165, 1.54) is 0 Å². The van der Waals surface area contributed by atoms with Crippen molar-refractivity contribution < 1.29 is 4.92 Å². The van der Waals surface area contributed by atoms with E-state index >= 15 is 0 Å². The molecule has 1 aliphatic carbocycles. The number of nitrogens with two attached hydrogens (primary N) is 1. The fourth-order valence-corrected chi connectivity index (χ4v) is 2.37. The molecule has 104 valence electrons. The molecule has 0 unspecified atom stereocenters. The lowest BCUT2D eigenvalue weighted by Gasteiger charge is -2.34. The summed E-state index contributed by atoms with van der Waals surface area (Å²) in [6.45, 7) is 4.49. The predicted octanol–water partition coefficient (Wildman–Crippen LogP) is 2.35. The van der Waals surface area contributed by atoms with Crippen molar-refractivity contribution in [3.63, 3.8) is 0 Å². The van der Waals surface area contributed by atoms with E-state index < -0.39 is 4.92 Å². The number of nitro groups is 1. The minimum absolute atomic E-state index is 0.0456. The van der Waals surface area contributed by atoms with E-state index in [1.807, 2.05) is 0 Å². The Morgan fingerprint density at radius 2 is 2.11 bits per heavy atom. The fraction of sp³-hybridized carbons (Fsp3) is 0.667. The van der Waals surface area contributed by atoms with Gasteiger partial charge >= 0.3 is 5.69 Å². The molecule has 0 aliphatic heterocycles. The van der Waals surface area contributed by atoms with Gasteiger partial charge in [0.25, 0.3) is 0 Å². The van der Waals surface area contributed by atoms with Crippen molar-refractivity contribution in [2.24, 2.45) is 5.41 Å². The average molecular weight is 265 g/mol. The largest absolute Gasteiger partial charge is 0.368 e. The topological polar surface area (TPSA) is 107 Å². The Morgan fingerprint density at radius 3 is 2.68 bits per heavy atom. The van der Waals surface area contributed by atoms with Gasteiger partial charge in [-0.1, -0.05) is 13.8 Å². The number of hydrogen-bond acceptors (Lipinski definition) is 6. The van der Waals surface area contributed by atoms with Gasteiger partial charge < -0.3 is 11.1 Å². The van der Waals surface area contributed by atoms with Crippen molar-refractivity contribution >= 4 is 17.5 Å². The first kappa shape index (κ1) is 13.5. The van der Waals surface area contributed by atoms with Crippen LogP contribution in [0.4, 0.5) is 17.5 Å². The molecule has 7 nitrogen and oxygen atoms in total. The third-order valence-corrected chi connectivity index (χ3v) is 3.66. The smallest absolute Gasteiger partial charge is 0.329 e. The zero-order chi connectivity index (χ0) is 14.0. The summed E-state index contributed by atoms with van der Waals surface area (Å²) in [6, 6.07) is 0.209. The number of nitrogen functional groups attached to an aromatic ring is 1. The highest BCUT2D eigenvalue weighted by Crippen LogP contribution is 2.36. The molecule has 0 amide bonds. The Labute approximate surface area is 111 Å². The molecule has 1 saturated carbocycles. The lowest BCUT2D eigenvalue weighted by atomic mass is 9.75. The maximum Gasteiger partial charge on any atom is 0.329 e. The van der Waals surface area contributed by atoms with Gasteiger partial charge in [0.2, 0.25) is 11.8 Å². The minimum atomic E-state index is -0.492. The molecule has 1 aromatic heterocycles. The van der Waals surface area contributed by atoms with Gasteiger partial charge in [0.05, 0.1) is 4.92 Å². The first-order valence-corrected chi connectivity index (χ1v) is 6.41. The predicted molar refractivity (Wildman–Crippen MR) is 72.8 cm³/mol. The fourth-order valence-electron chi connectivity index (χ4n) is 2.37. The number of anilines is 2. The molecule has 0 spiro atoms. The van der Waals surface area contributed by atoms with E-state index in [9.17, 15) is 10.1 Å². The van der Waals surface area contributed by atoms with Crippen molar-refractivity contribution in [3.05, 3.63) is 16.3 Å². The number of nitrogens with zero attached hydrogens (tertiary/aromatic N) is 3. The molecule has 19 heavy (non-hydrogen) atoms. The molecule has 0 bridgehead atoms. The van der Waals surface area contributed by atoms with Gasteiger partial charge in [0, 0.05) is 6.04 Å². The third-order valence-electron chi connectivity index (χ3n) is 3.66. The van der Waals surface area contributed by atoms with Crippen molar-refractivity contribution in [1.82, 2.24) is 9.97 Å². The van der Waals surface area contributed by atoms with E-state index in [1.54, 1.807) is 0 Å². The van der Waals surface area contributed by atoms with Crippen molar-refractivity contribution in [2.75, 3.05) is 11.1 Å².